The third-order valence-electron chi connectivity index (χ3n) is 1.69. The zero-order chi connectivity index (χ0) is 8.27. The molecule has 1 rings (SSSR count). The van der Waals surface area contributed by atoms with Crippen LogP contribution in [0.5, 0.6) is 0 Å². The molecule has 0 saturated carbocycles. The first-order valence-electron chi connectivity index (χ1n) is 3.48. The van der Waals surface area contributed by atoms with Crippen molar-refractivity contribution in [3.8, 4) is 0 Å². The molecule has 0 N–H and O–H groups in total. The van der Waals surface area contributed by atoms with Crippen molar-refractivity contribution in [3.05, 3.63) is 10.1 Å². The molecular formula is C6H9NO3S. The van der Waals surface area contributed by atoms with Gasteiger partial charge in [-0.3, -0.25) is 10.1 Å². The summed E-state index contributed by atoms with van der Waals surface area (Å²) >= 11 is 4.62. The molecule has 1 heterocycles. The standard InChI is InChI=1S/C6H9NO3S/c8-7(9)6(11)5-2-1-3-10-4-5/h5H,1-4H2. The maximum absolute atomic E-state index is 10.2. The van der Waals surface area contributed by atoms with Gasteiger partial charge in [0.05, 0.1) is 17.4 Å². The Morgan fingerprint density at radius 1 is 1.73 bits per heavy atom. The van der Waals surface area contributed by atoms with Crippen LogP contribution in [0.4, 0.5) is 0 Å². The normalized spacial score (nSPS) is 24.5. The molecule has 1 atom stereocenters. The summed E-state index contributed by atoms with van der Waals surface area (Å²) in [5, 5.41) is 10.2. The first-order chi connectivity index (χ1) is 5.22. The molecule has 1 aliphatic heterocycles. The van der Waals surface area contributed by atoms with Crippen molar-refractivity contribution in [2.24, 2.45) is 5.92 Å². The number of thiocarbonyl (C=S) groups is 1. The van der Waals surface area contributed by atoms with E-state index < -0.39 is 4.92 Å². The average molecular weight is 175 g/mol. The molecule has 62 valence electrons. The Morgan fingerprint density at radius 3 is 2.91 bits per heavy atom. The lowest BCUT2D eigenvalue weighted by atomic mass is 10.0. The Kier molecular flexibility index (Phi) is 2.90. The molecule has 0 bridgehead atoms. The Balaban J connectivity index is 2.45. The molecule has 1 aliphatic rings. The SMILES string of the molecule is O=[N+]([O-])C(=S)C1CCCOC1. The minimum Gasteiger partial charge on any atom is -0.381 e. The van der Waals surface area contributed by atoms with Crippen LogP contribution in [0.25, 0.3) is 0 Å². The summed E-state index contributed by atoms with van der Waals surface area (Å²) in [7, 11) is 0. The summed E-state index contributed by atoms with van der Waals surface area (Å²) in [4.78, 5) is 9.64. The summed E-state index contributed by atoms with van der Waals surface area (Å²) in [5.74, 6) is -0.145. The monoisotopic (exact) mass is 175 g/mol. The Bertz CT molecular complexity index is 177. The number of nitro groups is 1. The molecule has 0 aromatic heterocycles. The summed E-state index contributed by atoms with van der Waals surface area (Å²) in [6, 6.07) is 0. The van der Waals surface area contributed by atoms with Gasteiger partial charge < -0.3 is 4.74 Å². The molecule has 5 heteroatoms. The summed E-state index contributed by atoms with van der Waals surface area (Å²) in [6.45, 7) is 1.12. The van der Waals surface area contributed by atoms with Gasteiger partial charge in [0, 0.05) is 6.61 Å². The van der Waals surface area contributed by atoms with E-state index in [-0.39, 0.29) is 10.9 Å². The van der Waals surface area contributed by atoms with E-state index in [1.54, 1.807) is 0 Å². The average Bonchev–Trinajstić information content (AvgIpc) is 2.05. The first-order valence-corrected chi connectivity index (χ1v) is 3.88. The zero-order valence-electron chi connectivity index (χ0n) is 5.99. The second-order valence-electron chi connectivity index (χ2n) is 2.51. The van der Waals surface area contributed by atoms with Crippen molar-refractivity contribution in [3.63, 3.8) is 0 Å². The minimum atomic E-state index is -0.491. The van der Waals surface area contributed by atoms with Crippen LogP contribution in [0.1, 0.15) is 12.8 Å². The van der Waals surface area contributed by atoms with Gasteiger partial charge in [-0.05, 0) is 25.1 Å². The van der Waals surface area contributed by atoms with E-state index in [2.05, 4.69) is 12.2 Å². The van der Waals surface area contributed by atoms with E-state index in [0.717, 1.165) is 12.8 Å². The fraction of sp³-hybridized carbons (Fsp3) is 0.833. The van der Waals surface area contributed by atoms with Crippen LogP contribution in [-0.2, 0) is 4.74 Å². The maximum atomic E-state index is 10.2. The quantitative estimate of drug-likeness (QED) is 0.339. The molecule has 4 nitrogen and oxygen atoms in total. The van der Waals surface area contributed by atoms with Crippen molar-refractivity contribution in [1.82, 2.24) is 0 Å². The molecule has 0 aromatic carbocycles. The molecule has 0 aromatic rings. The lowest BCUT2D eigenvalue weighted by molar-refractivity contribution is -0.352. The van der Waals surface area contributed by atoms with Gasteiger partial charge in [-0.1, -0.05) is 0 Å². The third kappa shape index (κ3) is 2.20. The Labute approximate surface area is 69.7 Å². The van der Waals surface area contributed by atoms with Gasteiger partial charge in [0.1, 0.15) is 0 Å². The highest BCUT2D eigenvalue weighted by Gasteiger charge is 2.26. The van der Waals surface area contributed by atoms with Crippen LogP contribution in [-0.4, -0.2) is 23.1 Å². The highest BCUT2D eigenvalue weighted by Crippen LogP contribution is 2.15. The van der Waals surface area contributed by atoms with E-state index in [0.29, 0.717) is 13.2 Å². The van der Waals surface area contributed by atoms with Crippen LogP contribution >= 0.6 is 12.2 Å². The second kappa shape index (κ2) is 3.73. The smallest absolute Gasteiger partial charge is 0.315 e. The molecule has 11 heavy (non-hydrogen) atoms. The number of hydrogen-bond donors (Lipinski definition) is 0. The predicted molar refractivity (Wildman–Crippen MR) is 43.1 cm³/mol. The van der Waals surface area contributed by atoms with Gasteiger partial charge in [-0.15, -0.1) is 0 Å². The van der Waals surface area contributed by atoms with Crippen LogP contribution in [0.3, 0.4) is 0 Å². The largest absolute Gasteiger partial charge is 0.381 e. The number of hydrogen-bond acceptors (Lipinski definition) is 4. The minimum absolute atomic E-state index is 0.0790. The summed E-state index contributed by atoms with van der Waals surface area (Å²) in [6.07, 6.45) is 1.67. The molecule has 0 radical (unpaired) electrons. The van der Waals surface area contributed by atoms with Crippen molar-refractivity contribution >= 4 is 17.2 Å². The van der Waals surface area contributed by atoms with Crippen molar-refractivity contribution in [1.29, 1.82) is 0 Å². The van der Waals surface area contributed by atoms with Crippen molar-refractivity contribution in [2.75, 3.05) is 13.2 Å². The highest BCUT2D eigenvalue weighted by atomic mass is 32.1. The summed E-state index contributed by atoms with van der Waals surface area (Å²) in [5.41, 5.74) is 0. The van der Waals surface area contributed by atoms with E-state index in [1.165, 1.54) is 0 Å². The molecule has 1 unspecified atom stereocenters. The van der Waals surface area contributed by atoms with Crippen LogP contribution in [0.15, 0.2) is 0 Å². The Morgan fingerprint density at radius 2 is 2.45 bits per heavy atom. The van der Waals surface area contributed by atoms with Crippen molar-refractivity contribution in [2.45, 2.75) is 12.8 Å². The van der Waals surface area contributed by atoms with Gasteiger partial charge in [0.15, 0.2) is 0 Å². The Hall–Kier alpha value is -0.550. The van der Waals surface area contributed by atoms with Gasteiger partial charge in [0.25, 0.3) is 0 Å². The molecular weight excluding hydrogens is 166 g/mol. The lowest BCUT2D eigenvalue weighted by Crippen LogP contribution is -2.28. The second-order valence-corrected chi connectivity index (χ2v) is 2.93. The fourth-order valence-electron chi connectivity index (χ4n) is 1.08. The fourth-order valence-corrected chi connectivity index (χ4v) is 1.27. The van der Waals surface area contributed by atoms with E-state index in [1.807, 2.05) is 0 Å². The zero-order valence-corrected chi connectivity index (χ0v) is 6.80. The number of nitrogens with zero attached hydrogens (tertiary/aromatic N) is 1. The first kappa shape index (κ1) is 8.55. The van der Waals surface area contributed by atoms with Gasteiger partial charge in [-0.25, -0.2) is 0 Å². The lowest BCUT2D eigenvalue weighted by Gasteiger charge is -2.17. The molecule has 0 amide bonds. The number of rotatable bonds is 1. The number of ether oxygens (including phenoxy) is 1. The maximum Gasteiger partial charge on any atom is 0.315 e. The third-order valence-corrected chi connectivity index (χ3v) is 2.17. The predicted octanol–water partition coefficient (Wildman–Crippen LogP) is 1.02. The highest BCUT2D eigenvalue weighted by molar-refractivity contribution is 7.80. The molecule has 1 saturated heterocycles. The van der Waals surface area contributed by atoms with E-state index >= 15 is 0 Å². The van der Waals surface area contributed by atoms with E-state index in [4.69, 9.17) is 4.74 Å². The summed E-state index contributed by atoms with van der Waals surface area (Å²) < 4.78 is 5.06. The van der Waals surface area contributed by atoms with Gasteiger partial charge in [0.2, 0.25) is 0 Å². The molecule has 1 fully saturated rings. The topological polar surface area (TPSA) is 52.4 Å². The van der Waals surface area contributed by atoms with Crippen LogP contribution in [0, 0.1) is 16.0 Å². The van der Waals surface area contributed by atoms with Crippen LogP contribution in [0.2, 0.25) is 0 Å². The van der Waals surface area contributed by atoms with Gasteiger partial charge >= 0.3 is 4.99 Å². The molecule has 0 aliphatic carbocycles. The van der Waals surface area contributed by atoms with E-state index in [9.17, 15) is 10.1 Å². The molecule has 0 spiro atoms. The van der Waals surface area contributed by atoms with Crippen LogP contribution < -0.4 is 0 Å². The van der Waals surface area contributed by atoms with Gasteiger partial charge in [-0.2, -0.15) is 0 Å². The van der Waals surface area contributed by atoms with Crippen molar-refractivity contribution < 1.29 is 9.66 Å².